The lowest BCUT2D eigenvalue weighted by Crippen LogP contribution is -1.98. The predicted molar refractivity (Wildman–Crippen MR) is 132 cm³/mol. The van der Waals surface area contributed by atoms with Gasteiger partial charge in [0, 0.05) is 22.7 Å². The van der Waals surface area contributed by atoms with Crippen LogP contribution in [-0.2, 0) is 11.4 Å². The molecule has 3 aromatic carbocycles. The van der Waals surface area contributed by atoms with Gasteiger partial charge in [0.25, 0.3) is 5.69 Å². The van der Waals surface area contributed by atoms with Gasteiger partial charge in [0.05, 0.1) is 4.92 Å². The second kappa shape index (κ2) is 10.9. The number of nitrogens with zero attached hydrogens (tertiary/aromatic N) is 3. The fourth-order valence-corrected chi connectivity index (χ4v) is 3.82. The summed E-state index contributed by atoms with van der Waals surface area (Å²) in [5.74, 6) is -0.102. The Kier molecular flexibility index (Phi) is 7.44. The van der Waals surface area contributed by atoms with E-state index in [-0.39, 0.29) is 22.4 Å². The average molecular weight is 509 g/mol. The van der Waals surface area contributed by atoms with Gasteiger partial charge in [0.2, 0.25) is 5.16 Å². The molecule has 1 aromatic heterocycles. The van der Waals surface area contributed by atoms with E-state index in [1.165, 1.54) is 18.2 Å². The van der Waals surface area contributed by atoms with Crippen LogP contribution in [0.2, 0.25) is 5.02 Å². The van der Waals surface area contributed by atoms with Gasteiger partial charge >= 0.3 is 5.97 Å². The molecular formula is C24H17ClN4O5S. The molecule has 4 rings (SSSR count). The highest BCUT2D eigenvalue weighted by molar-refractivity contribution is 8.04. The van der Waals surface area contributed by atoms with Crippen molar-refractivity contribution in [3.8, 4) is 17.1 Å². The maximum atomic E-state index is 11.8. The molecule has 0 spiro atoms. The molecule has 0 unspecified atom stereocenters. The van der Waals surface area contributed by atoms with Crippen LogP contribution in [0.5, 0.6) is 5.75 Å². The molecule has 0 saturated carbocycles. The minimum atomic E-state index is -1.12. The molecule has 0 aliphatic rings. The Balaban J connectivity index is 1.46. The number of rotatable bonds is 9. The van der Waals surface area contributed by atoms with E-state index in [4.69, 9.17) is 16.3 Å². The van der Waals surface area contributed by atoms with Crippen LogP contribution in [0.1, 0.15) is 11.1 Å². The first kappa shape index (κ1) is 24.0. The van der Waals surface area contributed by atoms with Crippen molar-refractivity contribution in [3.63, 3.8) is 0 Å². The third-order valence-corrected chi connectivity index (χ3v) is 5.83. The summed E-state index contributed by atoms with van der Waals surface area (Å²) >= 11 is 6.82. The Hall–Kier alpha value is -4.15. The number of carbonyl (C=O) groups is 1. The van der Waals surface area contributed by atoms with E-state index in [1.54, 1.807) is 60.7 Å². The molecule has 2 N–H and O–H groups in total. The zero-order chi connectivity index (χ0) is 24.8. The Bertz CT molecular complexity index is 1390. The van der Waals surface area contributed by atoms with Crippen LogP contribution in [-0.4, -0.2) is 31.2 Å². The fourth-order valence-electron chi connectivity index (χ4n) is 2.99. The van der Waals surface area contributed by atoms with Gasteiger partial charge in [-0.15, -0.1) is 5.10 Å². The zero-order valence-corrected chi connectivity index (χ0v) is 19.5. The summed E-state index contributed by atoms with van der Waals surface area (Å²) in [6, 6.07) is 20.0. The lowest BCUT2D eigenvalue weighted by molar-refractivity contribution is -0.384. The molecule has 35 heavy (non-hydrogen) atoms. The second-order valence-corrected chi connectivity index (χ2v) is 8.62. The van der Waals surface area contributed by atoms with Gasteiger partial charge in [-0.05, 0) is 77.5 Å². The van der Waals surface area contributed by atoms with E-state index in [0.717, 1.165) is 22.9 Å². The van der Waals surface area contributed by atoms with Crippen molar-refractivity contribution in [2.75, 3.05) is 0 Å². The molecule has 0 aliphatic carbocycles. The van der Waals surface area contributed by atoms with Gasteiger partial charge < -0.3 is 9.84 Å². The minimum absolute atomic E-state index is 0.00581. The summed E-state index contributed by atoms with van der Waals surface area (Å²) in [6.45, 7) is 0.205. The number of nitrogens with one attached hydrogen (secondary N) is 1. The highest BCUT2D eigenvalue weighted by Crippen LogP contribution is 2.28. The van der Waals surface area contributed by atoms with Crippen LogP contribution < -0.4 is 4.74 Å². The molecule has 0 atom stereocenters. The van der Waals surface area contributed by atoms with Crippen LogP contribution in [0.15, 0.2) is 82.9 Å². The first-order valence-corrected chi connectivity index (χ1v) is 11.3. The van der Waals surface area contributed by atoms with Crippen molar-refractivity contribution in [2.24, 2.45) is 0 Å². The Morgan fingerprint density at radius 3 is 2.57 bits per heavy atom. The Morgan fingerprint density at radius 2 is 1.89 bits per heavy atom. The number of nitro groups is 1. The van der Waals surface area contributed by atoms with Crippen LogP contribution in [0.4, 0.5) is 5.69 Å². The highest BCUT2D eigenvalue weighted by atomic mass is 35.5. The third-order valence-electron chi connectivity index (χ3n) is 4.70. The number of carboxylic acid groups (broad SMARTS) is 1. The highest BCUT2D eigenvalue weighted by Gasteiger charge is 2.15. The maximum absolute atomic E-state index is 11.8. The summed E-state index contributed by atoms with van der Waals surface area (Å²) in [7, 11) is 0. The van der Waals surface area contributed by atoms with E-state index >= 15 is 0 Å². The predicted octanol–water partition coefficient (Wildman–Crippen LogP) is 5.83. The van der Waals surface area contributed by atoms with Gasteiger partial charge in [0.15, 0.2) is 5.82 Å². The van der Waals surface area contributed by atoms with E-state index in [1.807, 2.05) is 0 Å². The SMILES string of the molecule is O=C(O)/C(=C/c1cccc(OCc2ccc([N+](=O)[O-])cc2)c1)Sc1n[nH]c(-c2ccc(Cl)cc2)n1. The standard InChI is InChI=1S/C24H17ClN4O5S/c25-18-8-6-17(7-9-18)22-26-24(28-27-22)35-21(23(30)31)13-16-2-1-3-20(12-16)34-14-15-4-10-19(11-5-15)29(32)33/h1-13H,14H2,(H,30,31)(H,26,27,28)/b21-13-. The fraction of sp³-hybridized carbons (Fsp3) is 0.0417. The maximum Gasteiger partial charge on any atom is 0.342 e. The monoisotopic (exact) mass is 508 g/mol. The number of aromatic amines is 1. The van der Waals surface area contributed by atoms with Crippen LogP contribution in [0.25, 0.3) is 17.5 Å². The normalized spacial score (nSPS) is 11.3. The summed E-state index contributed by atoms with van der Waals surface area (Å²) in [6.07, 6.45) is 1.50. The number of benzene rings is 3. The molecule has 0 aliphatic heterocycles. The van der Waals surface area contributed by atoms with Crippen molar-refractivity contribution in [1.82, 2.24) is 15.2 Å². The number of aliphatic carboxylic acids is 1. The van der Waals surface area contributed by atoms with Gasteiger partial charge in [-0.3, -0.25) is 15.2 Å². The molecule has 0 saturated heterocycles. The summed E-state index contributed by atoms with van der Waals surface area (Å²) in [5.41, 5.74) is 2.16. The molecular weight excluding hydrogens is 492 g/mol. The van der Waals surface area contributed by atoms with Crippen LogP contribution in [0, 0.1) is 10.1 Å². The van der Waals surface area contributed by atoms with E-state index in [9.17, 15) is 20.0 Å². The van der Waals surface area contributed by atoms with Crippen molar-refractivity contribution >= 4 is 41.1 Å². The molecule has 0 amide bonds. The molecule has 11 heteroatoms. The topological polar surface area (TPSA) is 131 Å². The van der Waals surface area contributed by atoms with Crippen molar-refractivity contribution in [2.45, 2.75) is 11.8 Å². The van der Waals surface area contributed by atoms with Crippen molar-refractivity contribution in [3.05, 3.63) is 104 Å². The lowest BCUT2D eigenvalue weighted by atomic mass is 10.2. The largest absolute Gasteiger partial charge is 0.489 e. The first-order chi connectivity index (χ1) is 16.9. The number of ether oxygens (including phenoxy) is 1. The second-order valence-electron chi connectivity index (χ2n) is 7.17. The average Bonchev–Trinajstić information content (AvgIpc) is 3.32. The van der Waals surface area contributed by atoms with Gasteiger partial charge in [-0.2, -0.15) is 0 Å². The molecule has 9 nitrogen and oxygen atoms in total. The number of aromatic nitrogens is 3. The summed E-state index contributed by atoms with van der Waals surface area (Å²) in [5, 5.41) is 28.2. The number of hydrogen-bond donors (Lipinski definition) is 2. The number of H-pyrrole nitrogens is 1. The molecule has 0 radical (unpaired) electrons. The molecule has 1 heterocycles. The zero-order valence-electron chi connectivity index (χ0n) is 17.9. The van der Waals surface area contributed by atoms with Gasteiger partial charge in [-0.1, -0.05) is 23.7 Å². The Labute approximate surface area is 208 Å². The number of hydrogen-bond acceptors (Lipinski definition) is 7. The van der Waals surface area contributed by atoms with E-state index in [2.05, 4.69) is 15.2 Å². The first-order valence-electron chi connectivity index (χ1n) is 10.1. The molecule has 176 valence electrons. The summed E-state index contributed by atoms with van der Waals surface area (Å²) in [4.78, 5) is 26.5. The number of non-ortho nitro benzene ring substituents is 1. The number of halogens is 1. The lowest BCUT2D eigenvalue weighted by Gasteiger charge is -2.07. The number of nitro benzene ring substituents is 1. The molecule has 0 fully saturated rings. The third kappa shape index (κ3) is 6.46. The number of thioether (sulfide) groups is 1. The number of carboxylic acids is 1. The quantitative estimate of drug-likeness (QED) is 0.125. The smallest absolute Gasteiger partial charge is 0.342 e. The van der Waals surface area contributed by atoms with E-state index in [0.29, 0.717) is 22.2 Å². The molecule has 0 bridgehead atoms. The van der Waals surface area contributed by atoms with Gasteiger partial charge in [0.1, 0.15) is 17.3 Å². The minimum Gasteiger partial charge on any atom is -0.489 e. The van der Waals surface area contributed by atoms with Crippen LogP contribution >= 0.6 is 23.4 Å². The van der Waals surface area contributed by atoms with Crippen LogP contribution in [0.3, 0.4) is 0 Å². The molecule has 4 aromatic rings. The van der Waals surface area contributed by atoms with Crippen molar-refractivity contribution < 1.29 is 19.6 Å². The Morgan fingerprint density at radius 1 is 1.14 bits per heavy atom. The van der Waals surface area contributed by atoms with Crippen molar-refractivity contribution in [1.29, 1.82) is 0 Å². The summed E-state index contributed by atoms with van der Waals surface area (Å²) < 4.78 is 5.76. The van der Waals surface area contributed by atoms with Gasteiger partial charge in [-0.25, -0.2) is 9.78 Å². The van der Waals surface area contributed by atoms with E-state index < -0.39 is 10.9 Å².